The Morgan fingerprint density at radius 1 is 0.818 bits per heavy atom. The first kappa shape index (κ1) is 32.9. The average Bonchev–Trinajstić information content (AvgIpc) is 3.71. The van der Waals surface area contributed by atoms with E-state index in [9.17, 15) is 29.4 Å². The van der Waals surface area contributed by atoms with Crippen LogP contribution in [0.2, 0.25) is 10.0 Å². The molecule has 1 heterocycles. The molecule has 0 unspecified atom stereocenters. The van der Waals surface area contributed by atoms with Crippen LogP contribution in [0.3, 0.4) is 0 Å². The zero-order chi connectivity index (χ0) is 31.9. The molecule has 10 nitrogen and oxygen atoms in total. The van der Waals surface area contributed by atoms with Crippen LogP contribution in [0.1, 0.15) is 39.1 Å². The Morgan fingerprint density at radius 2 is 1.34 bits per heavy atom. The minimum absolute atomic E-state index is 0.0253. The number of piperidine rings is 1. The van der Waals surface area contributed by atoms with Crippen LogP contribution < -0.4 is 5.32 Å². The Balaban J connectivity index is 0.000000213. The van der Waals surface area contributed by atoms with Crippen molar-refractivity contribution in [2.45, 2.75) is 30.5 Å². The fraction of sp³-hybridized carbons (Fsp3) is 0.312. The SMILES string of the molecule is COC[C@@]12CNCC[C@]1(c1ccc(Cl)c(Cl)c1)C2.O=C(O[C@H](C(=O)O)[C@H](OC(=O)c1ccccc1)C(=O)O)c1ccccc1. The van der Waals surface area contributed by atoms with E-state index in [0.717, 1.165) is 26.1 Å². The number of benzene rings is 3. The van der Waals surface area contributed by atoms with Gasteiger partial charge in [-0.15, -0.1) is 0 Å². The lowest BCUT2D eigenvalue weighted by molar-refractivity contribution is -0.166. The predicted molar refractivity (Wildman–Crippen MR) is 161 cm³/mol. The van der Waals surface area contributed by atoms with E-state index in [4.69, 9.17) is 37.4 Å². The van der Waals surface area contributed by atoms with Gasteiger partial charge >= 0.3 is 23.9 Å². The standard InChI is InChI=1S/C18H14O8.C14H17Cl2NO/c19-15(20)13(25-17(23)11-7-3-1-4-8-11)14(16(21)22)26-18(24)12-9-5-2-6-10-12;1-18-9-13-7-14(13,4-5-17-8-13)10-2-3-11(15)12(16)6-10/h1-10,13-14H,(H,19,20)(H,21,22);2-3,6,17H,4-5,7-9H2,1H3/t2*13-,14-/m01/s1. The van der Waals surface area contributed by atoms with Gasteiger partial charge in [-0.3, -0.25) is 0 Å². The zero-order valence-electron chi connectivity index (χ0n) is 23.7. The highest BCUT2D eigenvalue weighted by molar-refractivity contribution is 6.42. The van der Waals surface area contributed by atoms with E-state index in [-0.39, 0.29) is 22.0 Å². The van der Waals surface area contributed by atoms with Gasteiger partial charge in [-0.2, -0.15) is 0 Å². The van der Waals surface area contributed by atoms with Crippen molar-refractivity contribution in [1.29, 1.82) is 0 Å². The van der Waals surface area contributed by atoms with Gasteiger partial charge in [0.1, 0.15) is 0 Å². The highest BCUT2D eigenvalue weighted by Gasteiger charge is 2.68. The van der Waals surface area contributed by atoms with Gasteiger partial charge in [0.25, 0.3) is 0 Å². The maximum atomic E-state index is 12.0. The lowest BCUT2D eigenvalue weighted by Gasteiger charge is -2.31. The summed E-state index contributed by atoms with van der Waals surface area (Å²) in [6.07, 6.45) is -2.10. The maximum Gasteiger partial charge on any atom is 0.349 e. The Morgan fingerprint density at radius 3 is 1.80 bits per heavy atom. The summed E-state index contributed by atoms with van der Waals surface area (Å²) in [5.74, 6) is -5.63. The van der Waals surface area contributed by atoms with Crippen molar-refractivity contribution in [3.05, 3.63) is 106 Å². The Hall–Kier alpha value is -3.96. The average molecular weight is 645 g/mol. The van der Waals surface area contributed by atoms with Crippen LogP contribution in [0.25, 0.3) is 0 Å². The minimum atomic E-state index is -2.21. The summed E-state index contributed by atoms with van der Waals surface area (Å²) in [7, 11) is 1.78. The van der Waals surface area contributed by atoms with Crippen LogP contribution in [0, 0.1) is 5.41 Å². The summed E-state index contributed by atoms with van der Waals surface area (Å²) < 4.78 is 15.0. The molecule has 0 aromatic heterocycles. The second kappa shape index (κ2) is 14.2. The Labute approximate surface area is 263 Å². The highest BCUT2D eigenvalue weighted by atomic mass is 35.5. The molecule has 2 aliphatic rings. The third kappa shape index (κ3) is 7.22. The highest BCUT2D eigenvalue weighted by Crippen LogP contribution is 2.67. The van der Waals surface area contributed by atoms with Gasteiger partial charge in [0.15, 0.2) is 0 Å². The lowest BCUT2D eigenvalue weighted by atomic mass is 9.81. The van der Waals surface area contributed by atoms with E-state index in [1.807, 2.05) is 12.1 Å². The smallest absolute Gasteiger partial charge is 0.349 e. The number of hydrogen-bond donors (Lipinski definition) is 3. The van der Waals surface area contributed by atoms with Gasteiger partial charge in [0.05, 0.1) is 27.8 Å². The molecule has 3 aromatic rings. The fourth-order valence-electron chi connectivity index (χ4n) is 5.61. The molecule has 232 valence electrons. The van der Waals surface area contributed by atoms with E-state index in [1.165, 1.54) is 60.5 Å². The van der Waals surface area contributed by atoms with E-state index < -0.39 is 36.1 Å². The topological polar surface area (TPSA) is 148 Å². The number of rotatable bonds is 10. The Kier molecular flexibility index (Phi) is 10.6. The summed E-state index contributed by atoms with van der Waals surface area (Å²) >= 11 is 12.2. The van der Waals surface area contributed by atoms with Gasteiger partial charge in [-0.25, -0.2) is 19.2 Å². The number of carboxylic acids is 2. The Bertz CT molecular complexity index is 1430. The molecule has 44 heavy (non-hydrogen) atoms. The molecular formula is C32H31Cl2NO9. The van der Waals surface area contributed by atoms with Crippen LogP contribution in [0.4, 0.5) is 0 Å². The molecule has 0 amide bonds. The first-order valence-electron chi connectivity index (χ1n) is 13.7. The van der Waals surface area contributed by atoms with Crippen molar-refractivity contribution in [3.8, 4) is 0 Å². The molecule has 4 atom stereocenters. The molecule has 1 saturated heterocycles. The van der Waals surface area contributed by atoms with Gasteiger partial charge in [0, 0.05) is 24.5 Å². The second-order valence-electron chi connectivity index (χ2n) is 10.6. The summed E-state index contributed by atoms with van der Waals surface area (Å²) in [4.78, 5) is 46.8. The summed E-state index contributed by atoms with van der Waals surface area (Å²) in [5.41, 5.74) is 1.85. The molecule has 1 aliphatic carbocycles. The van der Waals surface area contributed by atoms with Crippen molar-refractivity contribution in [3.63, 3.8) is 0 Å². The maximum absolute atomic E-state index is 12.0. The fourth-order valence-corrected chi connectivity index (χ4v) is 5.91. The minimum Gasteiger partial charge on any atom is -0.478 e. The quantitative estimate of drug-likeness (QED) is 0.261. The number of esters is 2. The first-order valence-corrected chi connectivity index (χ1v) is 14.4. The number of halogens is 2. The number of aliphatic carboxylic acids is 2. The van der Waals surface area contributed by atoms with Gasteiger partial charge in [0.2, 0.25) is 12.2 Å². The van der Waals surface area contributed by atoms with Crippen molar-refractivity contribution >= 4 is 47.1 Å². The largest absolute Gasteiger partial charge is 0.478 e. The van der Waals surface area contributed by atoms with Crippen molar-refractivity contribution < 1.29 is 43.6 Å². The third-order valence-electron chi connectivity index (χ3n) is 7.86. The zero-order valence-corrected chi connectivity index (χ0v) is 25.2. The number of ether oxygens (including phenoxy) is 3. The summed E-state index contributed by atoms with van der Waals surface area (Å²) in [6.45, 7) is 2.90. The predicted octanol–water partition coefficient (Wildman–Crippen LogP) is 4.87. The lowest BCUT2D eigenvalue weighted by Crippen LogP contribution is -2.45. The molecule has 1 saturated carbocycles. The van der Waals surface area contributed by atoms with Crippen LogP contribution in [-0.2, 0) is 29.2 Å². The number of hydrogen-bond acceptors (Lipinski definition) is 8. The number of carboxylic acid groups (broad SMARTS) is 2. The van der Waals surface area contributed by atoms with E-state index in [1.54, 1.807) is 19.2 Å². The van der Waals surface area contributed by atoms with Gasteiger partial charge < -0.3 is 29.7 Å². The van der Waals surface area contributed by atoms with Crippen LogP contribution >= 0.6 is 23.2 Å². The molecule has 0 spiro atoms. The van der Waals surface area contributed by atoms with E-state index in [2.05, 4.69) is 11.4 Å². The van der Waals surface area contributed by atoms with Crippen LogP contribution in [0.15, 0.2) is 78.9 Å². The molecule has 1 aliphatic heterocycles. The molecule has 0 bridgehead atoms. The number of fused-ring (bicyclic) bond motifs is 1. The number of carbonyl (C=O) groups excluding carboxylic acids is 2. The van der Waals surface area contributed by atoms with Crippen molar-refractivity contribution in [2.24, 2.45) is 5.41 Å². The van der Waals surface area contributed by atoms with E-state index in [0.29, 0.717) is 10.0 Å². The molecule has 2 fully saturated rings. The van der Waals surface area contributed by atoms with E-state index >= 15 is 0 Å². The molecular weight excluding hydrogens is 613 g/mol. The van der Waals surface area contributed by atoms with Crippen molar-refractivity contribution in [2.75, 3.05) is 26.8 Å². The molecule has 3 N–H and O–H groups in total. The second-order valence-corrected chi connectivity index (χ2v) is 11.4. The summed E-state index contributed by atoms with van der Waals surface area (Å²) in [6, 6.07) is 20.9. The van der Waals surface area contributed by atoms with Crippen LogP contribution in [-0.4, -0.2) is 73.1 Å². The van der Waals surface area contributed by atoms with Crippen LogP contribution in [0.5, 0.6) is 0 Å². The third-order valence-corrected chi connectivity index (χ3v) is 8.60. The molecule has 5 rings (SSSR count). The summed E-state index contributed by atoms with van der Waals surface area (Å²) in [5, 5.41) is 23.2. The molecule has 12 heteroatoms. The first-order chi connectivity index (χ1) is 21.0. The number of nitrogens with one attached hydrogen (secondary N) is 1. The van der Waals surface area contributed by atoms with Gasteiger partial charge in [-0.1, -0.05) is 65.7 Å². The normalized spacial score (nSPS) is 21.3. The monoisotopic (exact) mass is 643 g/mol. The number of methoxy groups -OCH3 is 1. The van der Waals surface area contributed by atoms with Gasteiger partial charge in [-0.05, 0) is 61.3 Å². The number of carbonyl (C=O) groups is 4. The molecule has 3 aromatic carbocycles. The van der Waals surface area contributed by atoms with Crippen molar-refractivity contribution in [1.82, 2.24) is 5.32 Å². The molecule has 0 radical (unpaired) electrons.